The average Bonchev–Trinajstić information content (AvgIpc) is 3.60. The molecule has 12 nitrogen and oxygen atoms in total. The van der Waals surface area contributed by atoms with E-state index in [1.165, 1.54) is 25.2 Å². The Morgan fingerprint density at radius 3 is 2.49 bits per heavy atom. The van der Waals surface area contributed by atoms with Crippen LogP contribution in [-0.2, 0) is 24.6 Å². The number of hydrogen-bond donors (Lipinski definition) is 3. The van der Waals surface area contributed by atoms with Crippen LogP contribution in [0.2, 0.25) is 5.02 Å². The van der Waals surface area contributed by atoms with E-state index >= 15 is 0 Å². The van der Waals surface area contributed by atoms with Gasteiger partial charge in [0.2, 0.25) is 0 Å². The highest BCUT2D eigenvalue weighted by Crippen LogP contribution is 2.36. The summed E-state index contributed by atoms with van der Waals surface area (Å²) >= 11 is 6.41. The predicted octanol–water partition coefficient (Wildman–Crippen LogP) is 2.58. The lowest BCUT2D eigenvalue weighted by Crippen LogP contribution is -2.60. The predicted molar refractivity (Wildman–Crippen MR) is 154 cm³/mol. The number of anilines is 1. The maximum absolute atomic E-state index is 13.6. The average molecular weight is 655 g/mol. The lowest BCUT2D eigenvalue weighted by atomic mass is 9.92. The number of aromatic nitrogens is 4. The number of carbonyl (C=O) groups excluding carboxylic acids is 3. The van der Waals surface area contributed by atoms with Gasteiger partial charge in [-0.2, -0.15) is 18.3 Å². The molecular formula is C28H31ClF4N8O4. The Morgan fingerprint density at radius 2 is 1.87 bits per heavy atom. The molecule has 4 heterocycles. The van der Waals surface area contributed by atoms with Gasteiger partial charge in [-0.05, 0) is 37.6 Å². The van der Waals surface area contributed by atoms with E-state index in [0.717, 1.165) is 28.2 Å². The third-order valence-electron chi connectivity index (χ3n) is 7.88. The summed E-state index contributed by atoms with van der Waals surface area (Å²) in [6, 6.07) is 4.26. The number of hydrogen-bond acceptors (Lipinski definition) is 7. The number of amides is 3. The van der Waals surface area contributed by atoms with Crippen molar-refractivity contribution < 1.29 is 37.1 Å². The quantitative estimate of drug-likeness (QED) is 0.333. The molecule has 2 aromatic heterocycles. The molecule has 1 aromatic carbocycles. The number of β-amino-alcohol motifs (C(OH)–C–C–N with tert-alkyl or cyclic N) is 1. The molecule has 1 unspecified atom stereocenters. The van der Waals surface area contributed by atoms with Crippen LogP contribution in [0.3, 0.4) is 0 Å². The Balaban J connectivity index is 1.24. The minimum Gasteiger partial charge on any atom is -0.379 e. The number of piperidine rings is 1. The van der Waals surface area contributed by atoms with Gasteiger partial charge in [0.05, 0.1) is 34.6 Å². The number of rotatable bonds is 7. The summed E-state index contributed by atoms with van der Waals surface area (Å²) in [5, 5.41) is 19.8. The van der Waals surface area contributed by atoms with Gasteiger partial charge in [-0.3, -0.25) is 19.1 Å². The normalized spacial score (nSPS) is 19.1. The number of nitrogens with zero attached hydrogens (tertiary/aromatic N) is 6. The molecule has 0 bridgehead atoms. The summed E-state index contributed by atoms with van der Waals surface area (Å²) < 4.78 is 55.6. The molecule has 2 saturated heterocycles. The molecule has 17 heteroatoms. The Kier molecular flexibility index (Phi) is 9.19. The maximum atomic E-state index is 13.6. The van der Waals surface area contributed by atoms with Gasteiger partial charge < -0.3 is 30.1 Å². The molecule has 3 aromatic rings. The standard InChI is InChI=1S/C28H31ClF4N8O4/c1-38-21(19-15-41(8-6-30)37-22(19)28(31,32)33)14-35-23(38)24(42)36-17-3-4-18(20(29)13-17)25(43)39-9-11-40(12-10-39)26(44)27(45)5-2-7-34-16-27/h3-4,13-15,34,45H,2,5-12,16H2,1H3,(H,36,42). The van der Waals surface area contributed by atoms with E-state index in [0.29, 0.717) is 12.8 Å². The molecule has 45 heavy (non-hydrogen) atoms. The molecule has 2 aliphatic rings. The third kappa shape index (κ3) is 6.67. The van der Waals surface area contributed by atoms with Gasteiger partial charge in [0, 0.05) is 51.7 Å². The number of halogens is 5. The van der Waals surface area contributed by atoms with Crippen molar-refractivity contribution in [1.82, 2.24) is 34.4 Å². The van der Waals surface area contributed by atoms with Gasteiger partial charge in [0.15, 0.2) is 17.1 Å². The van der Waals surface area contributed by atoms with E-state index in [-0.39, 0.29) is 84.4 Å². The van der Waals surface area contributed by atoms with Crippen LogP contribution >= 0.6 is 11.6 Å². The molecular weight excluding hydrogens is 624 g/mol. The zero-order chi connectivity index (χ0) is 32.5. The highest BCUT2D eigenvalue weighted by molar-refractivity contribution is 6.34. The van der Waals surface area contributed by atoms with Crippen molar-refractivity contribution in [2.75, 3.05) is 51.3 Å². The molecule has 3 N–H and O–H groups in total. The fourth-order valence-electron chi connectivity index (χ4n) is 5.49. The molecule has 0 radical (unpaired) electrons. The highest BCUT2D eigenvalue weighted by Gasteiger charge is 2.41. The van der Waals surface area contributed by atoms with E-state index in [1.807, 2.05) is 0 Å². The van der Waals surface area contributed by atoms with Crippen molar-refractivity contribution in [2.45, 2.75) is 31.2 Å². The number of aryl methyl sites for hydroxylation is 1. The van der Waals surface area contributed by atoms with E-state index in [4.69, 9.17) is 11.6 Å². The van der Waals surface area contributed by atoms with Gasteiger partial charge in [-0.1, -0.05) is 11.6 Å². The van der Waals surface area contributed by atoms with Gasteiger partial charge in [0.1, 0.15) is 6.67 Å². The van der Waals surface area contributed by atoms with Crippen molar-refractivity contribution in [1.29, 1.82) is 0 Å². The molecule has 5 rings (SSSR count). The van der Waals surface area contributed by atoms with Gasteiger partial charge >= 0.3 is 6.18 Å². The summed E-state index contributed by atoms with van der Waals surface area (Å²) in [5.41, 5.74) is -2.71. The summed E-state index contributed by atoms with van der Waals surface area (Å²) in [6.07, 6.45) is -1.61. The Morgan fingerprint density at radius 1 is 1.16 bits per heavy atom. The van der Waals surface area contributed by atoms with Crippen LogP contribution in [0, 0.1) is 0 Å². The fraction of sp³-hybridized carbons (Fsp3) is 0.464. The van der Waals surface area contributed by atoms with Crippen LogP contribution in [0.1, 0.15) is 39.5 Å². The van der Waals surface area contributed by atoms with Crippen molar-refractivity contribution in [2.24, 2.45) is 7.05 Å². The first kappa shape index (κ1) is 32.4. The summed E-state index contributed by atoms with van der Waals surface area (Å²) in [6.45, 7) is 0.652. The lowest BCUT2D eigenvalue weighted by molar-refractivity contribution is -0.154. The number of piperazine rings is 1. The summed E-state index contributed by atoms with van der Waals surface area (Å²) in [7, 11) is 1.36. The lowest BCUT2D eigenvalue weighted by Gasteiger charge is -2.40. The van der Waals surface area contributed by atoms with Crippen LogP contribution in [0.5, 0.6) is 0 Å². The van der Waals surface area contributed by atoms with E-state index in [9.17, 15) is 37.1 Å². The van der Waals surface area contributed by atoms with Crippen LogP contribution in [0.4, 0.5) is 23.2 Å². The molecule has 0 aliphatic carbocycles. The highest BCUT2D eigenvalue weighted by atomic mass is 35.5. The van der Waals surface area contributed by atoms with E-state index in [1.54, 1.807) is 9.80 Å². The fourth-order valence-corrected chi connectivity index (χ4v) is 5.75. The topological polar surface area (TPSA) is 138 Å². The van der Waals surface area contributed by atoms with E-state index < -0.39 is 30.1 Å². The second-order valence-corrected chi connectivity index (χ2v) is 11.3. The maximum Gasteiger partial charge on any atom is 0.435 e. The third-order valence-corrected chi connectivity index (χ3v) is 8.19. The zero-order valence-electron chi connectivity index (χ0n) is 24.2. The second kappa shape index (κ2) is 12.8. The summed E-state index contributed by atoms with van der Waals surface area (Å²) in [5.74, 6) is -1.69. The molecule has 0 saturated carbocycles. The minimum atomic E-state index is -4.82. The minimum absolute atomic E-state index is 0.0505. The number of aliphatic hydroxyl groups is 1. The monoisotopic (exact) mass is 654 g/mol. The summed E-state index contributed by atoms with van der Waals surface area (Å²) in [4.78, 5) is 46.2. The first-order valence-corrected chi connectivity index (χ1v) is 14.6. The SMILES string of the molecule is Cn1c(-c2cn(CCF)nc2C(F)(F)F)cnc1C(=O)Nc1ccc(C(=O)N2CCN(C(=O)C3(O)CCCNC3)CC2)c(Cl)c1. The van der Waals surface area contributed by atoms with Gasteiger partial charge in [0.25, 0.3) is 17.7 Å². The number of carbonyl (C=O) groups is 3. The molecule has 2 fully saturated rings. The first-order chi connectivity index (χ1) is 21.3. The largest absolute Gasteiger partial charge is 0.435 e. The Hall–Kier alpha value is -4.02. The Bertz CT molecular complexity index is 1590. The van der Waals surface area contributed by atoms with Crippen molar-refractivity contribution in [3.63, 3.8) is 0 Å². The molecule has 242 valence electrons. The van der Waals surface area contributed by atoms with Crippen molar-refractivity contribution >= 4 is 35.0 Å². The van der Waals surface area contributed by atoms with Crippen molar-refractivity contribution in [3.8, 4) is 11.3 Å². The number of alkyl halides is 4. The van der Waals surface area contributed by atoms with Crippen molar-refractivity contribution in [3.05, 3.63) is 52.7 Å². The van der Waals surface area contributed by atoms with Gasteiger partial charge in [-0.15, -0.1) is 0 Å². The van der Waals surface area contributed by atoms with E-state index in [2.05, 4.69) is 20.7 Å². The van der Waals surface area contributed by atoms with Gasteiger partial charge in [-0.25, -0.2) is 9.37 Å². The second-order valence-electron chi connectivity index (χ2n) is 10.9. The van der Waals surface area contributed by atoms with Crippen LogP contribution in [-0.4, -0.2) is 104 Å². The Labute approximate surface area is 259 Å². The smallest absolute Gasteiger partial charge is 0.379 e. The number of benzene rings is 1. The van der Waals surface area contributed by atoms with Crippen LogP contribution in [0.25, 0.3) is 11.3 Å². The number of imidazole rings is 1. The molecule has 1 atom stereocenters. The molecule has 2 aliphatic heterocycles. The zero-order valence-corrected chi connectivity index (χ0v) is 25.0. The number of nitrogens with one attached hydrogen (secondary N) is 2. The first-order valence-electron chi connectivity index (χ1n) is 14.2. The van der Waals surface area contributed by atoms with Crippen LogP contribution in [0.15, 0.2) is 30.6 Å². The van der Waals surface area contributed by atoms with Crippen LogP contribution < -0.4 is 10.6 Å². The molecule has 3 amide bonds. The molecule has 0 spiro atoms.